The minimum atomic E-state index is 0.281. The standard InChI is InChI=1S/C14H19Cl2N/c1-3-14(6-7-14)9-17-10(2)12-5-4-11(15)8-13(12)16/h4-5,8,10,17H,3,6-7,9H2,1-2H3. The van der Waals surface area contributed by atoms with E-state index in [1.54, 1.807) is 0 Å². The lowest BCUT2D eigenvalue weighted by Gasteiger charge is -2.20. The minimum Gasteiger partial charge on any atom is -0.310 e. The van der Waals surface area contributed by atoms with E-state index in [-0.39, 0.29) is 6.04 Å². The van der Waals surface area contributed by atoms with Gasteiger partial charge in [-0.05, 0) is 49.3 Å². The molecule has 1 N–H and O–H groups in total. The van der Waals surface area contributed by atoms with E-state index in [1.807, 2.05) is 18.2 Å². The summed E-state index contributed by atoms with van der Waals surface area (Å²) in [5.41, 5.74) is 1.69. The number of rotatable bonds is 5. The van der Waals surface area contributed by atoms with Gasteiger partial charge in [-0.2, -0.15) is 0 Å². The minimum absolute atomic E-state index is 0.281. The molecule has 0 aliphatic heterocycles. The summed E-state index contributed by atoms with van der Waals surface area (Å²) >= 11 is 12.1. The Morgan fingerprint density at radius 2 is 2.06 bits per heavy atom. The molecule has 94 valence electrons. The van der Waals surface area contributed by atoms with Crippen LogP contribution >= 0.6 is 23.2 Å². The van der Waals surface area contributed by atoms with Crippen LogP contribution in [0.1, 0.15) is 44.7 Å². The molecule has 1 fully saturated rings. The maximum Gasteiger partial charge on any atom is 0.0468 e. The van der Waals surface area contributed by atoms with Crippen LogP contribution in [0.2, 0.25) is 10.0 Å². The topological polar surface area (TPSA) is 12.0 Å². The molecule has 0 saturated heterocycles. The largest absolute Gasteiger partial charge is 0.310 e. The quantitative estimate of drug-likeness (QED) is 0.809. The summed E-state index contributed by atoms with van der Waals surface area (Å²) in [7, 11) is 0. The van der Waals surface area contributed by atoms with Gasteiger partial charge in [0.1, 0.15) is 0 Å². The molecule has 1 nitrogen and oxygen atoms in total. The molecular weight excluding hydrogens is 253 g/mol. The Kier molecular flexibility index (Phi) is 4.02. The highest BCUT2D eigenvalue weighted by atomic mass is 35.5. The van der Waals surface area contributed by atoms with Gasteiger partial charge in [0.05, 0.1) is 0 Å². The highest BCUT2D eigenvalue weighted by Crippen LogP contribution is 2.48. The van der Waals surface area contributed by atoms with Gasteiger partial charge in [-0.25, -0.2) is 0 Å². The molecule has 1 aliphatic rings. The van der Waals surface area contributed by atoms with Crippen LogP contribution < -0.4 is 5.32 Å². The Morgan fingerprint density at radius 1 is 1.35 bits per heavy atom. The van der Waals surface area contributed by atoms with Crippen LogP contribution in [-0.2, 0) is 0 Å². The molecule has 0 radical (unpaired) electrons. The molecule has 0 amide bonds. The number of hydrogen-bond donors (Lipinski definition) is 1. The van der Waals surface area contributed by atoms with Gasteiger partial charge in [-0.15, -0.1) is 0 Å². The second-order valence-corrected chi connectivity index (χ2v) is 5.97. The Hall–Kier alpha value is -0.240. The monoisotopic (exact) mass is 271 g/mol. The molecule has 1 aromatic carbocycles. The van der Waals surface area contributed by atoms with E-state index >= 15 is 0 Å². The second-order valence-electron chi connectivity index (χ2n) is 5.12. The lowest BCUT2D eigenvalue weighted by atomic mass is 10.0. The predicted octanol–water partition coefficient (Wildman–Crippen LogP) is 4.83. The van der Waals surface area contributed by atoms with Gasteiger partial charge in [0.15, 0.2) is 0 Å². The zero-order chi connectivity index (χ0) is 12.5. The maximum absolute atomic E-state index is 6.20. The second kappa shape index (κ2) is 5.17. The summed E-state index contributed by atoms with van der Waals surface area (Å²) in [4.78, 5) is 0. The van der Waals surface area contributed by atoms with Crippen LogP contribution in [0.15, 0.2) is 18.2 Å². The van der Waals surface area contributed by atoms with Crippen molar-refractivity contribution in [3.63, 3.8) is 0 Å². The lowest BCUT2D eigenvalue weighted by Crippen LogP contribution is -2.26. The van der Waals surface area contributed by atoms with E-state index in [0.717, 1.165) is 17.1 Å². The summed E-state index contributed by atoms with van der Waals surface area (Å²) in [6.07, 6.45) is 3.98. The molecule has 1 aliphatic carbocycles. The molecule has 3 heteroatoms. The Bertz CT molecular complexity index is 399. The predicted molar refractivity (Wildman–Crippen MR) is 74.8 cm³/mol. The van der Waals surface area contributed by atoms with Crippen molar-refractivity contribution in [2.24, 2.45) is 5.41 Å². The first-order chi connectivity index (χ1) is 8.06. The molecule has 1 atom stereocenters. The third-order valence-electron chi connectivity index (χ3n) is 3.92. The van der Waals surface area contributed by atoms with Crippen molar-refractivity contribution in [3.05, 3.63) is 33.8 Å². The maximum atomic E-state index is 6.20. The normalized spacial score (nSPS) is 19.1. The molecule has 1 unspecified atom stereocenters. The van der Waals surface area contributed by atoms with Gasteiger partial charge >= 0.3 is 0 Å². The zero-order valence-electron chi connectivity index (χ0n) is 10.4. The molecule has 0 bridgehead atoms. The molecule has 1 aromatic rings. The van der Waals surface area contributed by atoms with Gasteiger partial charge in [0, 0.05) is 22.6 Å². The number of nitrogens with one attached hydrogen (secondary N) is 1. The first-order valence-electron chi connectivity index (χ1n) is 6.25. The number of benzene rings is 1. The fourth-order valence-corrected chi connectivity index (χ4v) is 2.74. The molecule has 2 rings (SSSR count). The van der Waals surface area contributed by atoms with E-state index in [4.69, 9.17) is 23.2 Å². The molecule has 1 saturated carbocycles. The van der Waals surface area contributed by atoms with Crippen LogP contribution in [0, 0.1) is 5.41 Å². The summed E-state index contributed by atoms with van der Waals surface area (Å²) in [5.74, 6) is 0. The van der Waals surface area contributed by atoms with Gasteiger partial charge in [0.2, 0.25) is 0 Å². The lowest BCUT2D eigenvalue weighted by molar-refractivity contribution is 0.415. The SMILES string of the molecule is CCC1(CNC(C)c2ccc(Cl)cc2Cl)CC1. The Morgan fingerprint density at radius 3 is 2.59 bits per heavy atom. The summed E-state index contributed by atoms with van der Waals surface area (Å²) in [6, 6.07) is 5.99. The highest BCUT2D eigenvalue weighted by Gasteiger charge is 2.40. The van der Waals surface area contributed by atoms with Crippen molar-refractivity contribution < 1.29 is 0 Å². The van der Waals surface area contributed by atoms with Crippen molar-refractivity contribution in [3.8, 4) is 0 Å². The van der Waals surface area contributed by atoms with Crippen LogP contribution in [0.3, 0.4) is 0 Å². The van der Waals surface area contributed by atoms with Gasteiger partial charge in [0.25, 0.3) is 0 Å². The van der Waals surface area contributed by atoms with Crippen molar-refractivity contribution in [2.45, 2.75) is 39.2 Å². The van der Waals surface area contributed by atoms with Crippen molar-refractivity contribution in [1.82, 2.24) is 5.32 Å². The third-order valence-corrected chi connectivity index (χ3v) is 4.48. The molecule has 0 heterocycles. The van der Waals surface area contributed by atoms with Gasteiger partial charge in [-0.1, -0.05) is 36.2 Å². The molecule has 17 heavy (non-hydrogen) atoms. The molecular formula is C14H19Cl2N. The molecule has 0 aromatic heterocycles. The van der Waals surface area contributed by atoms with E-state index < -0.39 is 0 Å². The number of hydrogen-bond acceptors (Lipinski definition) is 1. The van der Waals surface area contributed by atoms with Crippen LogP contribution in [0.25, 0.3) is 0 Å². The van der Waals surface area contributed by atoms with Crippen molar-refractivity contribution in [1.29, 1.82) is 0 Å². The third kappa shape index (κ3) is 3.15. The van der Waals surface area contributed by atoms with Crippen LogP contribution in [-0.4, -0.2) is 6.54 Å². The highest BCUT2D eigenvalue weighted by molar-refractivity contribution is 6.35. The first kappa shape index (κ1) is 13.2. The summed E-state index contributed by atoms with van der Waals surface area (Å²) in [5, 5.41) is 5.03. The van der Waals surface area contributed by atoms with Crippen LogP contribution in [0.5, 0.6) is 0 Å². The Balaban J connectivity index is 1.97. The number of halogens is 2. The van der Waals surface area contributed by atoms with E-state index in [2.05, 4.69) is 19.2 Å². The fraction of sp³-hybridized carbons (Fsp3) is 0.571. The molecule has 0 spiro atoms. The zero-order valence-corrected chi connectivity index (χ0v) is 11.9. The van der Waals surface area contributed by atoms with E-state index in [0.29, 0.717) is 10.4 Å². The fourth-order valence-electron chi connectivity index (χ4n) is 2.16. The average Bonchev–Trinajstić information content (AvgIpc) is 3.07. The summed E-state index contributed by atoms with van der Waals surface area (Å²) < 4.78 is 0. The average molecular weight is 272 g/mol. The smallest absolute Gasteiger partial charge is 0.0468 e. The van der Waals surface area contributed by atoms with Crippen molar-refractivity contribution >= 4 is 23.2 Å². The van der Waals surface area contributed by atoms with E-state index in [1.165, 1.54) is 19.3 Å². The van der Waals surface area contributed by atoms with Gasteiger partial charge < -0.3 is 5.32 Å². The van der Waals surface area contributed by atoms with Gasteiger partial charge in [-0.3, -0.25) is 0 Å². The summed E-state index contributed by atoms with van der Waals surface area (Å²) in [6.45, 7) is 5.51. The first-order valence-corrected chi connectivity index (χ1v) is 7.00. The van der Waals surface area contributed by atoms with E-state index in [9.17, 15) is 0 Å². The van der Waals surface area contributed by atoms with Crippen LogP contribution in [0.4, 0.5) is 0 Å². The Labute approximate surface area is 114 Å². The van der Waals surface area contributed by atoms with Crippen molar-refractivity contribution in [2.75, 3.05) is 6.54 Å².